The normalized spacial score (nSPS) is 10.8. The van der Waals surface area contributed by atoms with E-state index in [1.807, 2.05) is 39.0 Å². The van der Waals surface area contributed by atoms with E-state index in [9.17, 15) is 4.79 Å². The minimum atomic E-state index is -0.228. The molecule has 0 aliphatic rings. The predicted molar refractivity (Wildman–Crippen MR) is 115 cm³/mol. The first-order valence-electron chi connectivity index (χ1n) is 9.36. The Hall–Kier alpha value is -3.52. The number of anilines is 1. The fourth-order valence-electron chi connectivity index (χ4n) is 2.92. The van der Waals surface area contributed by atoms with E-state index >= 15 is 0 Å². The molecule has 0 saturated carbocycles. The fraction of sp³-hybridized carbons (Fsp3) is 0.182. The van der Waals surface area contributed by atoms with Gasteiger partial charge in [0, 0.05) is 11.8 Å². The average molecular weight is 420 g/mol. The van der Waals surface area contributed by atoms with Crippen molar-refractivity contribution in [2.75, 3.05) is 5.32 Å². The summed E-state index contributed by atoms with van der Waals surface area (Å²) in [5.74, 6) is 1.18. The first-order valence-corrected chi connectivity index (χ1v) is 10.2. The molecule has 0 aliphatic carbocycles. The lowest BCUT2D eigenvalue weighted by molar-refractivity contribution is 0.102. The van der Waals surface area contributed by atoms with E-state index in [-0.39, 0.29) is 5.91 Å². The van der Waals surface area contributed by atoms with Gasteiger partial charge in [0.1, 0.15) is 18.1 Å². The molecule has 8 heteroatoms. The minimum absolute atomic E-state index is 0.228. The lowest BCUT2D eigenvalue weighted by Gasteiger charge is -2.07. The summed E-state index contributed by atoms with van der Waals surface area (Å²) in [5.41, 5.74) is 3.93. The molecule has 1 N–H and O–H groups in total. The lowest BCUT2D eigenvalue weighted by atomic mass is 10.2. The molecule has 0 spiro atoms. The third-order valence-electron chi connectivity index (χ3n) is 4.60. The number of aryl methyl sites for hydroxylation is 3. The molecular weight excluding hydrogens is 400 g/mol. The molecule has 0 unspecified atom stereocenters. The van der Waals surface area contributed by atoms with Crippen molar-refractivity contribution in [3.8, 4) is 16.3 Å². The monoisotopic (exact) mass is 420 g/mol. The van der Waals surface area contributed by atoms with Crippen molar-refractivity contribution in [2.24, 2.45) is 0 Å². The molecule has 1 amide bonds. The van der Waals surface area contributed by atoms with Gasteiger partial charge in [0.15, 0.2) is 5.13 Å². The highest BCUT2D eigenvalue weighted by atomic mass is 32.1. The molecule has 3 heterocycles. The maximum Gasteiger partial charge on any atom is 0.257 e. The van der Waals surface area contributed by atoms with Crippen LogP contribution >= 0.6 is 11.3 Å². The van der Waals surface area contributed by atoms with Crippen molar-refractivity contribution in [2.45, 2.75) is 27.4 Å². The van der Waals surface area contributed by atoms with E-state index < -0.39 is 0 Å². The Morgan fingerprint density at radius 2 is 1.90 bits per heavy atom. The zero-order valence-electron chi connectivity index (χ0n) is 16.8. The highest BCUT2D eigenvalue weighted by molar-refractivity contribution is 7.19. The molecule has 7 nitrogen and oxygen atoms in total. The second kappa shape index (κ2) is 8.46. The van der Waals surface area contributed by atoms with E-state index in [0.717, 1.165) is 33.3 Å². The third kappa shape index (κ3) is 4.23. The van der Waals surface area contributed by atoms with Gasteiger partial charge in [-0.15, -0.1) is 0 Å². The van der Waals surface area contributed by atoms with Gasteiger partial charge >= 0.3 is 0 Å². The number of carbonyl (C=O) groups excluding carboxylic acids is 1. The number of benzene rings is 1. The number of pyridine rings is 1. The molecule has 3 aromatic heterocycles. The van der Waals surface area contributed by atoms with Crippen LogP contribution in [0.15, 0.2) is 53.2 Å². The molecule has 0 bridgehead atoms. The Morgan fingerprint density at radius 1 is 1.10 bits per heavy atom. The van der Waals surface area contributed by atoms with E-state index in [1.165, 1.54) is 11.3 Å². The van der Waals surface area contributed by atoms with E-state index in [0.29, 0.717) is 23.1 Å². The second-order valence-electron chi connectivity index (χ2n) is 6.72. The summed E-state index contributed by atoms with van der Waals surface area (Å²) >= 11 is 1.40. The van der Waals surface area contributed by atoms with Crippen molar-refractivity contribution in [1.82, 2.24) is 15.1 Å². The van der Waals surface area contributed by atoms with E-state index in [2.05, 4.69) is 20.4 Å². The van der Waals surface area contributed by atoms with Gasteiger partial charge in [-0.2, -0.15) is 0 Å². The summed E-state index contributed by atoms with van der Waals surface area (Å²) in [6.45, 7) is 6.00. The van der Waals surface area contributed by atoms with Crippen LogP contribution in [0, 0.1) is 20.8 Å². The van der Waals surface area contributed by atoms with Gasteiger partial charge in [0.25, 0.3) is 5.91 Å². The fourth-order valence-corrected chi connectivity index (χ4v) is 3.86. The highest BCUT2D eigenvalue weighted by Gasteiger charge is 2.14. The van der Waals surface area contributed by atoms with Gasteiger partial charge in [-0.3, -0.25) is 15.1 Å². The maximum atomic E-state index is 12.6. The second-order valence-corrected chi connectivity index (χ2v) is 7.72. The number of ether oxygens (including phenoxy) is 1. The number of hydrogen-bond donors (Lipinski definition) is 1. The summed E-state index contributed by atoms with van der Waals surface area (Å²) in [6, 6.07) is 12.7. The Morgan fingerprint density at radius 3 is 2.57 bits per heavy atom. The lowest BCUT2D eigenvalue weighted by Crippen LogP contribution is -2.11. The van der Waals surface area contributed by atoms with Crippen molar-refractivity contribution in [3.05, 3.63) is 76.9 Å². The molecule has 1 aromatic carbocycles. The van der Waals surface area contributed by atoms with Crippen LogP contribution in [0.25, 0.3) is 10.6 Å². The number of rotatable bonds is 6. The topological polar surface area (TPSA) is 90.1 Å². The standard InChI is InChI=1S/C22H20N4O3S/c1-13-18(15(3)29-26-13)12-28-17-9-7-16(8-10-17)21(27)25-22-24-14(2)20(30-22)19-6-4-5-11-23-19/h4-11H,12H2,1-3H3,(H,24,25,27). The van der Waals surface area contributed by atoms with Gasteiger partial charge in [0.05, 0.1) is 27.5 Å². The SMILES string of the molecule is Cc1nc(NC(=O)c2ccc(OCc3c(C)noc3C)cc2)sc1-c1ccccn1. The molecule has 0 saturated heterocycles. The number of carbonyl (C=O) groups is 1. The number of aromatic nitrogens is 3. The molecule has 0 radical (unpaired) electrons. The predicted octanol–water partition coefficient (Wildman–Crippen LogP) is 4.95. The van der Waals surface area contributed by atoms with Crippen LogP contribution in [0.5, 0.6) is 5.75 Å². The van der Waals surface area contributed by atoms with Crippen LogP contribution in [0.3, 0.4) is 0 Å². The van der Waals surface area contributed by atoms with Crippen molar-refractivity contribution in [3.63, 3.8) is 0 Å². The molecule has 4 rings (SSSR count). The molecule has 0 aliphatic heterocycles. The zero-order chi connectivity index (χ0) is 21.1. The van der Waals surface area contributed by atoms with Crippen molar-refractivity contribution < 1.29 is 14.1 Å². The van der Waals surface area contributed by atoms with E-state index in [1.54, 1.807) is 30.5 Å². The summed E-state index contributed by atoms with van der Waals surface area (Å²) < 4.78 is 10.9. The zero-order valence-corrected chi connectivity index (χ0v) is 17.6. The van der Waals surface area contributed by atoms with Crippen molar-refractivity contribution >= 4 is 22.4 Å². The van der Waals surface area contributed by atoms with Crippen LogP contribution in [0.1, 0.15) is 33.1 Å². The average Bonchev–Trinajstić information content (AvgIpc) is 3.28. The Kier molecular flexibility index (Phi) is 5.58. The molecule has 0 fully saturated rings. The summed E-state index contributed by atoms with van der Waals surface area (Å²) in [5, 5.41) is 7.31. The first-order chi connectivity index (χ1) is 14.5. The Bertz CT molecular complexity index is 1150. The highest BCUT2D eigenvalue weighted by Crippen LogP contribution is 2.31. The summed E-state index contributed by atoms with van der Waals surface area (Å²) in [7, 11) is 0. The van der Waals surface area contributed by atoms with E-state index in [4.69, 9.17) is 9.26 Å². The molecule has 152 valence electrons. The van der Waals surface area contributed by atoms with Crippen LogP contribution in [0.2, 0.25) is 0 Å². The molecular formula is C22H20N4O3S. The molecule has 0 atom stereocenters. The van der Waals surface area contributed by atoms with Crippen LogP contribution in [0.4, 0.5) is 5.13 Å². The number of nitrogens with one attached hydrogen (secondary N) is 1. The Labute approximate surface area is 177 Å². The number of amides is 1. The number of thiazole rings is 1. The maximum absolute atomic E-state index is 12.6. The van der Waals surface area contributed by atoms with Crippen LogP contribution < -0.4 is 10.1 Å². The number of nitrogens with zero attached hydrogens (tertiary/aromatic N) is 3. The number of hydrogen-bond acceptors (Lipinski definition) is 7. The Balaban J connectivity index is 1.41. The molecule has 30 heavy (non-hydrogen) atoms. The van der Waals surface area contributed by atoms with Gasteiger partial charge in [-0.05, 0) is 57.2 Å². The quantitative estimate of drug-likeness (QED) is 0.475. The van der Waals surface area contributed by atoms with Gasteiger partial charge < -0.3 is 9.26 Å². The largest absolute Gasteiger partial charge is 0.489 e. The smallest absolute Gasteiger partial charge is 0.257 e. The van der Waals surface area contributed by atoms with Gasteiger partial charge in [-0.25, -0.2) is 4.98 Å². The minimum Gasteiger partial charge on any atom is -0.489 e. The van der Waals surface area contributed by atoms with Crippen LogP contribution in [-0.4, -0.2) is 21.0 Å². The third-order valence-corrected chi connectivity index (χ3v) is 5.69. The van der Waals surface area contributed by atoms with Crippen LogP contribution in [-0.2, 0) is 6.61 Å². The summed E-state index contributed by atoms with van der Waals surface area (Å²) in [6.07, 6.45) is 1.74. The summed E-state index contributed by atoms with van der Waals surface area (Å²) in [4.78, 5) is 22.3. The van der Waals surface area contributed by atoms with Gasteiger partial charge in [-0.1, -0.05) is 22.6 Å². The van der Waals surface area contributed by atoms with Crippen molar-refractivity contribution in [1.29, 1.82) is 0 Å². The molecule has 4 aromatic rings. The van der Waals surface area contributed by atoms with Gasteiger partial charge in [0.2, 0.25) is 0 Å². The first kappa shape index (κ1) is 19.8.